The smallest absolute Gasteiger partial charge is 0.180 e. The van der Waals surface area contributed by atoms with Crippen LogP contribution >= 0.6 is 23.4 Å². The number of hydrogen-bond acceptors (Lipinski definition) is 3. The largest absolute Gasteiger partial charge is 0.377 e. The van der Waals surface area contributed by atoms with Crippen LogP contribution in [0.25, 0.3) is 0 Å². The molecule has 2 aromatic rings. The fourth-order valence-electron chi connectivity index (χ4n) is 1.73. The van der Waals surface area contributed by atoms with E-state index in [2.05, 4.69) is 35.3 Å². The zero-order valence-electron chi connectivity index (χ0n) is 11.7. The Morgan fingerprint density at radius 2 is 2.05 bits per heavy atom. The van der Waals surface area contributed by atoms with Gasteiger partial charge in [0, 0.05) is 10.8 Å². The van der Waals surface area contributed by atoms with E-state index in [1.807, 2.05) is 30.3 Å². The van der Waals surface area contributed by atoms with Gasteiger partial charge in [-0.15, -0.1) is 5.10 Å². The second-order valence-electron chi connectivity index (χ2n) is 4.52. The van der Waals surface area contributed by atoms with Crippen LogP contribution in [0.4, 0.5) is 0 Å². The van der Waals surface area contributed by atoms with Gasteiger partial charge in [-0.2, -0.15) is 5.10 Å². The summed E-state index contributed by atoms with van der Waals surface area (Å²) >= 11 is 7.35. The molecule has 0 aliphatic heterocycles. The maximum absolute atomic E-state index is 5.89. The van der Waals surface area contributed by atoms with Crippen molar-refractivity contribution in [3.8, 4) is 0 Å². The van der Waals surface area contributed by atoms with Crippen molar-refractivity contribution in [3.63, 3.8) is 0 Å². The van der Waals surface area contributed by atoms with Gasteiger partial charge in [0.25, 0.3) is 0 Å². The summed E-state index contributed by atoms with van der Waals surface area (Å²) < 4.78 is 0. The van der Waals surface area contributed by atoms with Crippen LogP contribution in [0.1, 0.15) is 16.7 Å². The lowest BCUT2D eigenvalue weighted by Gasteiger charge is -2.01. The van der Waals surface area contributed by atoms with E-state index >= 15 is 0 Å². The van der Waals surface area contributed by atoms with Crippen LogP contribution in [0.2, 0.25) is 5.02 Å². The highest BCUT2D eigenvalue weighted by Gasteiger charge is 1.97. The van der Waals surface area contributed by atoms with Gasteiger partial charge < -0.3 is 5.73 Å². The fraction of sp³-hybridized carbons (Fsp3) is 0.125. The van der Waals surface area contributed by atoms with Crippen molar-refractivity contribution in [2.75, 3.05) is 0 Å². The second-order valence-corrected chi connectivity index (χ2v) is 5.95. The fourth-order valence-corrected chi connectivity index (χ4v) is 2.53. The lowest BCUT2D eigenvalue weighted by atomic mass is 10.2. The molecule has 0 aliphatic carbocycles. The molecule has 3 nitrogen and oxygen atoms in total. The number of nitrogens with two attached hydrogens (primary N) is 1. The zero-order valence-corrected chi connectivity index (χ0v) is 13.2. The molecule has 0 fully saturated rings. The van der Waals surface area contributed by atoms with Crippen molar-refractivity contribution in [2.45, 2.75) is 12.7 Å². The molecule has 0 saturated heterocycles. The average Bonchev–Trinajstić information content (AvgIpc) is 2.45. The number of amidine groups is 1. The molecule has 0 amide bonds. The first-order valence-corrected chi connectivity index (χ1v) is 7.80. The molecule has 2 aromatic carbocycles. The lowest BCUT2D eigenvalue weighted by molar-refractivity contribution is 1.25. The molecule has 0 unspecified atom stereocenters. The van der Waals surface area contributed by atoms with Gasteiger partial charge in [0.15, 0.2) is 5.17 Å². The molecule has 21 heavy (non-hydrogen) atoms. The number of hydrogen-bond donors (Lipinski definition) is 1. The monoisotopic (exact) mass is 317 g/mol. The van der Waals surface area contributed by atoms with E-state index < -0.39 is 0 Å². The van der Waals surface area contributed by atoms with Gasteiger partial charge in [-0.3, -0.25) is 0 Å². The number of halogens is 1. The van der Waals surface area contributed by atoms with E-state index in [9.17, 15) is 0 Å². The van der Waals surface area contributed by atoms with Crippen molar-refractivity contribution in [2.24, 2.45) is 15.9 Å². The van der Waals surface area contributed by atoms with E-state index in [0.717, 1.165) is 11.3 Å². The first kappa shape index (κ1) is 15.6. The summed E-state index contributed by atoms with van der Waals surface area (Å²) in [6.45, 7) is 2.07. The van der Waals surface area contributed by atoms with Crippen LogP contribution in [-0.4, -0.2) is 11.4 Å². The van der Waals surface area contributed by atoms with Crippen LogP contribution in [0.15, 0.2) is 58.7 Å². The van der Waals surface area contributed by atoms with Crippen molar-refractivity contribution >= 4 is 34.7 Å². The number of aryl methyl sites for hydroxylation is 1. The number of benzene rings is 2. The maximum Gasteiger partial charge on any atom is 0.180 e. The van der Waals surface area contributed by atoms with Crippen LogP contribution in [0, 0.1) is 6.92 Å². The van der Waals surface area contributed by atoms with Gasteiger partial charge in [-0.1, -0.05) is 65.3 Å². The van der Waals surface area contributed by atoms with Gasteiger partial charge in [0.1, 0.15) is 0 Å². The standard InChI is InChI=1S/C16H16ClN3S/c1-12-4-2-6-14(8-12)11-21-16(18)20-19-10-13-5-3-7-15(17)9-13/h2-10H,11H2,1H3,(H2,18,20)/b19-10+. The molecule has 0 heterocycles. The molecule has 2 N–H and O–H groups in total. The third-order valence-corrected chi connectivity index (χ3v) is 3.77. The molecule has 2 rings (SSSR count). The first-order chi connectivity index (χ1) is 10.1. The Balaban J connectivity index is 1.89. The maximum atomic E-state index is 5.89. The van der Waals surface area contributed by atoms with E-state index in [0.29, 0.717) is 10.2 Å². The predicted octanol–water partition coefficient (Wildman–Crippen LogP) is 4.23. The summed E-state index contributed by atoms with van der Waals surface area (Å²) in [6.07, 6.45) is 1.63. The van der Waals surface area contributed by atoms with Crippen molar-refractivity contribution < 1.29 is 0 Å². The molecule has 0 aliphatic rings. The predicted molar refractivity (Wildman–Crippen MR) is 93.1 cm³/mol. The van der Waals surface area contributed by atoms with E-state index in [1.165, 1.54) is 22.9 Å². The Hall–Kier alpha value is -1.78. The van der Waals surface area contributed by atoms with Gasteiger partial charge in [0.2, 0.25) is 0 Å². The second kappa shape index (κ2) is 7.86. The summed E-state index contributed by atoms with van der Waals surface area (Å²) in [5.74, 6) is 0.781. The van der Waals surface area contributed by atoms with Crippen molar-refractivity contribution in [1.29, 1.82) is 0 Å². The Bertz CT molecular complexity index is 668. The Morgan fingerprint density at radius 1 is 1.24 bits per heavy atom. The van der Waals surface area contributed by atoms with E-state index in [-0.39, 0.29) is 0 Å². The minimum Gasteiger partial charge on any atom is -0.377 e. The van der Waals surface area contributed by atoms with Gasteiger partial charge in [0.05, 0.1) is 6.21 Å². The highest BCUT2D eigenvalue weighted by atomic mass is 35.5. The van der Waals surface area contributed by atoms with Crippen LogP contribution in [0.3, 0.4) is 0 Å². The molecule has 0 spiro atoms. The Kier molecular flexibility index (Phi) is 5.84. The molecule has 0 atom stereocenters. The van der Waals surface area contributed by atoms with E-state index in [4.69, 9.17) is 17.3 Å². The van der Waals surface area contributed by atoms with E-state index in [1.54, 1.807) is 6.21 Å². The summed E-state index contributed by atoms with van der Waals surface area (Å²) in [4.78, 5) is 0. The molecular weight excluding hydrogens is 302 g/mol. The molecule has 108 valence electrons. The van der Waals surface area contributed by atoms with Gasteiger partial charge in [-0.25, -0.2) is 0 Å². The minimum atomic E-state index is 0.440. The SMILES string of the molecule is Cc1cccc(CS/C(N)=N/N=C/c2cccc(Cl)c2)c1. The Labute approximate surface area is 133 Å². The average molecular weight is 318 g/mol. The molecule has 0 aromatic heterocycles. The summed E-state index contributed by atoms with van der Waals surface area (Å²) in [5.41, 5.74) is 9.18. The van der Waals surface area contributed by atoms with Crippen molar-refractivity contribution in [3.05, 3.63) is 70.2 Å². The molecule has 0 radical (unpaired) electrons. The highest BCUT2D eigenvalue weighted by Crippen LogP contribution is 2.13. The summed E-state index contributed by atoms with van der Waals surface area (Å²) in [5, 5.41) is 9.05. The van der Waals surface area contributed by atoms with Gasteiger partial charge >= 0.3 is 0 Å². The number of nitrogens with zero attached hydrogens (tertiary/aromatic N) is 2. The zero-order chi connectivity index (χ0) is 15.1. The highest BCUT2D eigenvalue weighted by molar-refractivity contribution is 8.13. The quantitative estimate of drug-likeness (QED) is 0.521. The summed E-state index contributed by atoms with van der Waals surface area (Å²) in [7, 11) is 0. The third kappa shape index (κ3) is 5.61. The lowest BCUT2D eigenvalue weighted by Crippen LogP contribution is -2.06. The molecule has 5 heteroatoms. The third-order valence-electron chi connectivity index (χ3n) is 2.68. The van der Waals surface area contributed by atoms with Crippen molar-refractivity contribution in [1.82, 2.24) is 0 Å². The molecule has 0 saturated carbocycles. The van der Waals surface area contributed by atoms with Gasteiger partial charge in [-0.05, 0) is 30.2 Å². The minimum absolute atomic E-state index is 0.440. The van der Waals surface area contributed by atoms with Crippen LogP contribution in [0.5, 0.6) is 0 Å². The number of rotatable bonds is 4. The Morgan fingerprint density at radius 3 is 2.81 bits per heavy atom. The first-order valence-electron chi connectivity index (χ1n) is 6.44. The molecular formula is C16H16ClN3S. The number of thioether (sulfide) groups is 1. The van der Waals surface area contributed by atoms with Crippen LogP contribution < -0.4 is 5.73 Å². The topological polar surface area (TPSA) is 50.7 Å². The normalized spacial score (nSPS) is 12.0. The van der Waals surface area contributed by atoms with Crippen LogP contribution in [-0.2, 0) is 5.75 Å². The summed E-state index contributed by atoms with van der Waals surface area (Å²) in [6, 6.07) is 15.7. The molecule has 0 bridgehead atoms.